The number of hydrogen-bond donors (Lipinski definition) is 2. The summed E-state index contributed by atoms with van der Waals surface area (Å²) in [4.78, 5) is 0. The number of nitrogens with one attached hydrogen (secondary N) is 1. The van der Waals surface area contributed by atoms with Crippen molar-refractivity contribution in [2.75, 3.05) is 12.3 Å². The van der Waals surface area contributed by atoms with Gasteiger partial charge in [0, 0.05) is 12.6 Å². The summed E-state index contributed by atoms with van der Waals surface area (Å²) in [5.74, 6) is -0.0521. The third-order valence-corrected chi connectivity index (χ3v) is 2.83. The van der Waals surface area contributed by atoms with Crippen molar-refractivity contribution in [1.82, 2.24) is 4.72 Å². The third-order valence-electron chi connectivity index (χ3n) is 1.46. The highest BCUT2D eigenvalue weighted by atomic mass is 32.2. The second-order valence-corrected chi connectivity index (χ2v) is 4.33. The summed E-state index contributed by atoms with van der Waals surface area (Å²) in [5.41, 5.74) is 5.33. The Labute approximate surface area is 73.9 Å². The maximum absolute atomic E-state index is 11.1. The fourth-order valence-corrected chi connectivity index (χ4v) is 1.93. The molecule has 5 heteroatoms. The standard InChI is InChI=1S/C7H16N2O2S/c1-3-5-12(10,11)9-7(4-2)6-8/h3,7,9H,1,4-6,8H2,2H3. The summed E-state index contributed by atoms with van der Waals surface area (Å²) in [6.45, 7) is 5.56. The second-order valence-electron chi connectivity index (χ2n) is 2.53. The van der Waals surface area contributed by atoms with Crippen LogP contribution in [0.2, 0.25) is 0 Å². The Kier molecular flexibility index (Phi) is 5.12. The van der Waals surface area contributed by atoms with Crippen LogP contribution < -0.4 is 10.5 Å². The zero-order valence-electron chi connectivity index (χ0n) is 7.29. The number of nitrogens with two attached hydrogens (primary N) is 1. The van der Waals surface area contributed by atoms with Crippen LogP contribution in [0.15, 0.2) is 12.7 Å². The van der Waals surface area contributed by atoms with Crippen LogP contribution in [0.4, 0.5) is 0 Å². The fourth-order valence-electron chi connectivity index (χ4n) is 0.755. The zero-order valence-corrected chi connectivity index (χ0v) is 8.10. The zero-order chi connectivity index (χ0) is 9.61. The monoisotopic (exact) mass is 192 g/mol. The SMILES string of the molecule is C=CCS(=O)(=O)NC(CC)CN. The number of hydrogen-bond acceptors (Lipinski definition) is 3. The summed E-state index contributed by atoms with van der Waals surface area (Å²) in [5, 5.41) is 0. The summed E-state index contributed by atoms with van der Waals surface area (Å²) < 4.78 is 24.7. The van der Waals surface area contributed by atoms with Crippen molar-refractivity contribution >= 4 is 10.0 Å². The Hall–Kier alpha value is -0.390. The van der Waals surface area contributed by atoms with Gasteiger partial charge in [0.05, 0.1) is 5.75 Å². The minimum absolute atomic E-state index is 0.0521. The molecular formula is C7H16N2O2S. The Morgan fingerprint density at radius 2 is 2.25 bits per heavy atom. The summed E-state index contributed by atoms with van der Waals surface area (Å²) in [6.07, 6.45) is 2.05. The van der Waals surface area contributed by atoms with E-state index >= 15 is 0 Å². The molecule has 1 atom stereocenters. The smallest absolute Gasteiger partial charge is 0.215 e. The van der Waals surface area contributed by atoms with Gasteiger partial charge in [0.15, 0.2) is 0 Å². The minimum atomic E-state index is -3.20. The van der Waals surface area contributed by atoms with Gasteiger partial charge in [-0.15, -0.1) is 6.58 Å². The largest absolute Gasteiger partial charge is 0.329 e. The molecule has 72 valence electrons. The highest BCUT2D eigenvalue weighted by molar-refractivity contribution is 7.89. The molecule has 12 heavy (non-hydrogen) atoms. The molecule has 0 aliphatic rings. The third kappa shape index (κ3) is 4.48. The molecule has 0 bridgehead atoms. The van der Waals surface area contributed by atoms with E-state index in [0.29, 0.717) is 13.0 Å². The maximum Gasteiger partial charge on any atom is 0.215 e. The average Bonchev–Trinajstić information content (AvgIpc) is 2.00. The van der Waals surface area contributed by atoms with E-state index in [4.69, 9.17) is 5.73 Å². The van der Waals surface area contributed by atoms with Gasteiger partial charge >= 0.3 is 0 Å². The van der Waals surface area contributed by atoms with E-state index in [2.05, 4.69) is 11.3 Å². The van der Waals surface area contributed by atoms with Crippen molar-refractivity contribution in [1.29, 1.82) is 0 Å². The Balaban J connectivity index is 4.12. The second kappa shape index (κ2) is 5.29. The summed E-state index contributed by atoms with van der Waals surface area (Å²) >= 11 is 0. The molecule has 0 radical (unpaired) electrons. The topological polar surface area (TPSA) is 72.2 Å². The van der Waals surface area contributed by atoms with Gasteiger partial charge in [-0.2, -0.15) is 0 Å². The fraction of sp³-hybridized carbons (Fsp3) is 0.714. The summed E-state index contributed by atoms with van der Waals surface area (Å²) in [7, 11) is -3.20. The average molecular weight is 192 g/mol. The molecule has 0 rings (SSSR count). The van der Waals surface area contributed by atoms with Crippen LogP contribution in [0.3, 0.4) is 0 Å². The molecule has 0 fully saturated rings. The van der Waals surface area contributed by atoms with E-state index in [1.54, 1.807) is 0 Å². The van der Waals surface area contributed by atoms with Gasteiger partial charge < -0.3 is 5.73 Å². The van der Waals surface area contributed by atoms with Gasteiger partial charge in [0.25, 0.3) is 0 Å². The molecule has 0 aromatic carbocycles. The summed E-state index contributed by atoms with van der Waals surface area (Å²) in [6, 6.07) is -0.157. The molecule has 0 aromatic heterocycles. The lowest BCUT2D eigenvalue weighted by atomic mass is 10.2. The van der Waals surface area contributed by atoms with E-state index in [1.807, 2.05) is 6.92 Å². The van der Waals surface area contributed by atoms with E-state index in [0.717, 1.165) is 0 Å². The molecule has 0 aliphatic heterocycles. The predicted molar refractivity (Wildman–Crippen MR) is 50.3 cm³/mol. The maximum atomic E-state index is 11.1. The van der Waals surface area contributed by atoms with Crippen LogP contribution in [0.5, 0.6) is 0 Å². The van der Waals surface area contributed by atoms with Gasteiger partial charge in [0.2, 0.25) is 10.0 Å². The van der Waals surface area contributed by atoms with Crippen LogP contribution in [-0.4, -0.2) is 26.8 Å². The molecule has 4 nitrogen and oxygen atoms in total. The first-order valence-corrected chi connectivity index (χ1v) is 5.52. The molecule has 3 N–H and O–H groups in total. The van der Waals surface area contributed by atoms with Crippen molar-refractivity contribution in [3.05, 3.63) is 12.7 Å². The first kappa shape index (κ1) is 11.6. The Morgan fingerprint density at radius 1 is 1.67 bits per heavy atom. The van der Waals surface area contributed by atoms with Gasteiger partial charge in [-0.3, -0.25) is 0 Å². The van der Waals surface area contributed by atoms with E-state index < -0.39 is 10.0 Å². The van der Waals surface area contributed by atoms with Crippen molar-refractivity contribution in [2.45, 2.75) is 19.4 Å². The first-order chi connectivity index (χ1) is 5.55. The van der Waals surface area contributed by atoms with Gasteiger partial charge in [-0.1, -0.05) is 13.0 Å². The van der Waals surface area contributed by atoms with Crippen LogP contribution >= 0.6 is 0 Å². The van der Waals surface area contributed by atoms with E-state index in [1.165, 1.54) is 6.08 Å². The van der Waals surface area contributed by atoms with Crippen LogP contribution in [0.1, 0.15) is 13.3 Å². The predicted octanol–water partition coefficient (Wildman–Crippen LogP) is -0.171. The molecule has 0 aliphatic carbocycles. The first-order valence-electron chi connectivity index (χ1n) is 3.86. The van der Waals surface area contributed by atoms with E-state index in [9.17, 15) is 8.42 Å². The lowest BCUT2D eigenvalue weighted by molar-refractivity contribution is 0.545. The minimum Gasteiger partial charge on any atom is -0.329 e. The molecule has 0 saturated carbocycles. The van der Waals surface area contributed by atoms with Crippen molar-refractivity contribution in [2.24, 2.45) is 5.73 Å². The highest BCUT2D eigenvalue weighted by Gasteiger charge is 2.12. The normalized spacial score (nSPS) is 14.2. The molecule has 1 unspecified atom stereocenters. The van der Waals surface area contributed by atoms with Gasteiger partial charge in [0.1, 0.15) is 0 Å². The van der Waals surface area contributed by atoms with Gasteiger partial charge in [-0.05, 0) is 6.42 Å². The Bertz CT molecular complexity index is 220. The quantitative estimate of drug-likeness (QED) is 0.574. The molecule has 0 amide bonds. The molecular weight excluding hydrogens is 176 g/mol. The lowest BCUT2D eigenvalue weighted by Gasteiger charge is -2.13. The van der Waals surface area contributed by atoms with Crippen LogP contribution in [-0.2, 0) is 10.0 Å². The lowest BCUT2D eigenvalue weighted by Crippen LogP contribution is -2.40. The highest BCUT2D eigenvalue weighted by Crippen LogP contribution is 1.93. The molecule has 0 spiro atoms. The number of rotatable bonds is 6. The molecule has 0 aromatic rings. The number of sulfonamides is 1. The van der Waals surface area contributed by atoms with Crippen LogP contribution in [0, 0.1) is 0 Å². The van der Waals surface area contributed by atoms with Crippen molar-refractivity contribution < 1.29 is 8.42 Å². The Morgan fingerprint density at radius 3 is 2.58 bits per heavy atom. The van der Waals surface area contributed by atoms with Crippen molar-refractivity contribution in [3.63, 3.8) is 0 Å². The molecule has 0 saturated heterocycles. The van der Waals surface area contributed by atoms with Crippen molar-refractivity contribution in [3.8, 4) is 0 Å². The van der Waals surface area contributed by atoms with Gasteiger partial charge in [-0.25, -0.2) is 13.1 Å². The molecule has 0 heterocycles. The van der Waals surface area contributed by atoms with Crippen LogP contribution in [0.25, 0.3) is 0 Å². The van der Waals surface area contributed by atoms with E-state index in [-0.39, 0.29) is 11.8 Å².